The Morgan fingerprint density at radius 3 is 2.90 bits per heavy atom. The minimum Gasteiger partial charge on any atom is -0.465 e. The Labute approximate surface area is 129 Å². The molecule has 0 aliphatic heterocycles. The van der Waals surface area contributed by atoms with Crippen molar-refractivity contribution in [3.8, 4) is 0 Å². The predicted molar refractivity (Wildman–Crippen MR) is 83.3 cm³/mol. The maximum absolute atomic E-state index is 12.1. The molecule has 1 atom stereocenters. The SMILES string of the molecule is CCCNC(C)(CSc1ncccc1Cl)C(=O)OCC. The third kappa shape index (κ3) is 4.96. The molecule has 0 saturated heterocycles. The van der Waals surface area contributed by atoms with E-state index in [9.17, 15) is 4.79 Å². The van der Waals surface area contributed by atoms with Crippen molar-refractivity contribution in [2.45, 2.75) is 37.8 Å². The van der Waals surface area contributed by atoms with Crippen molar-refractivity contribution in [1.29, 1.82) is 0 Å². The summed E-state index contributed by atoms with van der Waals surface area (Å²) in [5.41, 5.74) is -0.739. The van der Waals surface area contributed by atoms with Crippen LogP contribution in [0.3, 0.4) is 0 Å². The summed E-state index contributed by atoms with van der Waals surface area (Å²) < 4.78 is 5.15. The van der Waals surface area contributed by atoms with Crippen LogP contribution in [0.1, 0.15) is 27.2 Å². The normalized spacial score (nSPS) is 13.8. The molecule has 0 saturated carbocycles. The topological polar surface area (TPSA) is 51.2 Å². The van der Waals surface area contributed by atoms with Gasteiger partial charge < -0.3 is 10.1 Å². The molecule has 0 aliphatic rings. The van der Waals surface area contributed by atoms with Gasteiger partial charge in [-0.05, 0) is 38.9 Å². The smallest absolute Gasteiger partial charge is 0.326 e. The largest absolute Gasteiger partial charge is 0.465 e. The zero-order valence-corrected chi connectivity index (χ0v) is 13.7. The van der Waals surface area contributed by atoms with Crippen LogP contribution in [0.15, 0.2) is 23.4 Å². The van der Waals surface area contributed by atoms with E-state index in [1.54, 1.807) is 25.3 Å². The van der Waals surface area contributed by atoms with Crippen LogP contribution in [0, 0.1) is 0 Å². The molecule has 0 aliphatic carbocycles. The van der Waals surface area contributed by atoms with Gasteiger partial charge in [0.25, 0.3) is 0 Å². The van der Waals surface area contributed by atoms with Gasteiger partial charge in [0.05, 0.1) is 11.6 Å². The van der Waals surface area contributed by atoms with Gasteiger partial charge in [-0.1, -0.05) is 18.5 Å². The summed E-state index contributed by atoms with van der Waals surface area (Å²) in [6, 6.07) is 3.57. The second-order valence-electron chi connectivity index (χ2n) is 4.56. The monoisotopic (exact) mass is 316 g/mol. The lowest BCUT2D eigenvalue weighted by atomic mass is 10.1. The molecule has 1 aromatic heterocycles. The summed E-state index contributed by atoms with van der Waals surface area (Å²) in [5.74, 6) is 0.274. The molecule has 0 fully saturated rings. The summed E-state index contributed by atoms with van der Waals surface area (Å²) in [5, 5.41) is 4.58. The number of halogens is 1. The average molecular weight is 317 g/mol. The van der Waals surface area contributed by atoms with Crippen molar-refractivity contribution in [2.24, 2.45) is 0 Å². The number of nitrogens with zero attached hydrogens (tertiary/aromatic N) is 1. The van der Waals surface area contributed by atoms with Gasteiger partial charge in [0, 0.05) is 11.9 Å². The summed E-state index contributed by atoms with van der Waals surface area (Å²) in [7, 11) is 0. The molecule has 0 aromatic carbocycles. The van der Waals surface area contributed by atoms with Crippen LogP contribution < -0.4 is 5.32 Å². The number of carbonyl (C=O) groups excluding carboxylic acids is 1. The fourth-order valence-electron chi connectivity index (χ4n) is 1.56. The molecular formula is C14H21ClN2O2S. The number of thioether (sulfide) groups is 1. The van der Waals surface area contributed by atoms with E-state index >= 15 is 0 Å². The molecule has 1 aromatic rings. The van der Waals surface area contributed by atoms with Gasteiger partial charge in [0.15, 0.2) is 0 Å². The van der Waals surface area contributed by atoms with Gasteiger partial charge in [-0.2, -0.15) is 0 Å². The number of ether oxygens (including phenoxy) is 1. The number of rotatable bonds is 8. The first-order chi connectivity index (χ1) is 9.53. The van der Waals surface area contributed by atoms with Crippen molar-refractivity contribution in [2.75, 3.05) is 18.9 Å². The number of nitrogens with one attached hydrogen (secondary N) is 1. The van der Waals surface area contributed by atoms with E-state index in [1.165, 1.54) is 11.8 Å². The minimum absolute atomic E-state index is 0.243. The van der Waals surface area contributed by atoms with E-state index in [0.29, 0.717) is 17.4 Å². The number of aromatic nitrogens is 1. The highest BCUT2D eigenvalue weighted by Gasteiger charge is 2.34. The lowest BCUT2D eigenvalue weighted by Gasteiger charge is -2.28. The van der Waals surface area contributed by atoms with Crippen LogP contribution in [0.2, 0.25) is 5.02 Å². The van der Waals surface area contributed by atoms with Crippen LogP contribution in [0.5, 0.6) is 0 Å². The molecule has 112 valence electrons. The fraction of sp³-hybridized carbons (Fsp3) is 0.571. The van der Waals surface area contributed by atoms with Gasteiger partial charge in [-0.25, -0.2) is 4.98 Å². The average Bonchev–Trinajstić information content (AvgIpc) is 2.44. The molecule has 1 N–H and O–H groups in total. The van der Waals surface area contributed by atoms with Gasteiger partial charge in [0.2, 0.25) is 0 Å². The second-order valence-corrected chi connectivity index (χ2v) is 5.93. The molecule has 1 heterocycles. The molecule has 1 unspecified atom stereocenters. The van der Waals surface area contributed by atoms with Gasteiger partial charge in [-0.3, -0.25) is 4.79 Å². The van der Waals surface area contributed by atoms with Crippen molar-refractivity contribution < 1.29 is 9.53 Å². The number of carbonyl (C=O) groups is 1. The third-order valence-electron chi connectivity index (χ3n) is 2.71. The standard InChI is InChI=1S/C14H21ClN2O2S/c1-4-8-17-14(3,13(18)19-5-2)10-20-12-11(15)7-6-9-16-12/h6-7,9,17H,4-5,8,10H2,1-3H3. The zero-order valence-electron chi connectivity index (χ0n) is 12.1. The highest BCUT2D eigenvalue weighted by molar-refractivity contribution is 7.99. The molecule has 0 amide bonds. The van der Waals surface area contributed by atoms with E-state index in [1.807, 2.05) is 6.92 Å². The molecule has 0 radical (unpaired) electrons. The van der Waals surface area contributed by atoms with Crippen molar-refractivity contribution >= 4 is 29.3 Å². The Hall–Kier alpha value is -0.780. The van der Waals surface area contributed by atoms with Gasteiger partial charge in [-0.15, -0.1) is 11.8 Å². The number of hydrogen-bond donors (Lipinski definition) is 1. The Kier molecular flexibility index (Phi) is 7.34. The summed E-state index contributed by atoms with van der Waals surface area (Å²) >= 11 is 7.53. The fourth-order valence-corrected chi connectivity index (χ4v) is 2.84. The first-order valence-corrected chi connectivity index (χ1v) is 8.05. The summed E-state index contributed by atoms with van der Waals surface area (Å²) in [4.78, 5) is 16.3. The highest BCUT2D eigenvalue weighted by Crippen LogP contribution is 2.27. The quantitative estimate of drug-likeness (QED) is 0.590. The number of esters is 1. The molecule has 0 spiro atoms. The second kappa shape index (κ2) is 8.49. The predicted octanol–water partition coefficient (Wildman–Crippen LogP) is 3.15. The lowest BCUT2D eigenvalue weighted by molar-refractivity contribution is -0.149. The van der Waals surface area contributed by atoms with Crippen LogP contribution in [0.25, 0.3) is 0 Å². The molecule has 1 rings (SSSR count). The Morgan fingerprint density at radius 1 is 1.55 bits per heavy atom. The first kappa shape index (κ1) is 17.3. The van der Waals surface area contributed by atoms with Crippen molar-refractivity contribution in [3.05, 3.63) is 23.4 Å². The summed E-state index contributed by atoms with van der Waals surface area (Å²) in [6.45, 7) is 6.84. The Morgan fingerprint density at radius 2 is 2.30 bits per heavy atom. The molecule has 20 heavy (non-hydrogen) atoms. The lowest BCUT2D eigenvalue weighted by Crippen LogP contribution is -2.52. The maximum atomic E-state index is 12.1. The van der Waals surface area contributed by atoms with E-state index in [0.717, 1.165) is 18.0 Å². The number of pyridine rings is 1. The van der Waals surface area contributed by atoms with Crippen molar-refractivity contribution in [3.63, 3.8) is 0 Å². The molecule has 0 bridgehead atoms. The van der Waals surface area contributed by atoms with Crippen LogP contribution in [0.4, 0.5) is 0 Å². The first-order valence-electron chi connectivity index (χ1n) is 6.69. The highest BCUT2D eigenvalue weighted by atomic mass is 35.5. The van der Waals surface area contributed by atoms with Crippen LogP contribution >= 0.6 is 23.4 Å². The molecule has 4 nitrogen and oxygen atoms in total. The van der Waals surface area contributed by atoms with Gasteiger partial charge >= 0.3 is 5.97 Å². The van der Waals surface area contributed by atoms with Crippen LogP contribution in [-0.2, 0) is 9.53 Å². The third-order valence-corrected chi connectivity index (χ3v) is 4.45. The Balaban J connectivity index is 2.74. The molecular weight excluding hydrogens is 296 g/mol. The zero-order chi connectivity index (χ0) is 15.0. The maximum Gasteiger partial charge on any atom is 0.326 e. The van der Waals surface area contributed by atoms with E-state index in [-0.39, 0.29) is 5.97 Å². The summed E-state index contributed by atoms with van der Waals surface area (Å²) in [6.07, 6.45) is 2.64. The van der Waals surface area contributed by atoms with Crippen molar-refractivity contribution in [1.82, 2.24) is 10.3 Å². The van der Waals surface area contributed by atoms with E-state index < -0.39 is 5.54 Å². The van der Waals surface area contributed by atoms with Gasteiger partial charge in [0.1, 0.15) is 10.6 Å². The van der Waals surface area contributed by atoms with Crippen LogP contribution in [-0.4, -0.2) is 35.4 Å². The van der Waals surface area contributed by atoms with E-state index in [4.69, 9.17) is 16.3 Å². The van der Waals surface area contributed by atoms with E-state index in [2.05, 4.69) is 17.2 Å². The molecule has 6 heteroatoms. The Bertz CT molecular complexity index is 445. The number of hydrogen-bond acceptors (Lipinski definition) is 5. The minimum atomic E-state index is -0.739.